The van der Waals surface area contributed by atoms with E-state index >= 15 is 0 Å². The number of nitrogens with zero attached hydrogens (tertiary/aromatic N) is 1. The zero-order valence-corrected chi connectivity index (χ0v) is 18.1. The Morgan fingerprint density at radius 1 is 0.806 bits per heavy atom. The Bertz CT molecular complexity index is 1310. The zero-order chi connectivity index (χ0) is 21.8. The Morgan fingerprint density at radius 2 is 1.42 bits per heavy atom. The van der Waals surface area contributed by atoms with Crippen molar-refractivity contribution >= 4 is 33.6 Å². The van der Waals surface area contributed by atoms with Crippen molar-refractivity contribution in [3.8, 4) is 0 Å². The van der Waals surface area contributed by atoms with Crippen molar-refractivity contribution in [2.45, 2.75) is 23.8 Å². The molecule has 0 unspecified atom stereocenters. The predicted octanol–water partition coefficient (Wildman–Crippen LogP) is 6.04. The fourth-order valence-corrected chi connectivity index (χ4v) is 4.25. The standard InChI is InChI=1S/C25H22N2O3S/c1-18-8-13-21(14-9-18)26-24-25(31(28,29)22-15-10-19(2)11-16-22)27-23(30-24)17-12-20-6-4-3-5-7-20/h3-17,26H,1-2H3/b17-12+. The van der Waals surface area contributed by atoms with Gasteiger partial charge in [0, 0.05) is 11.8 Å². The van der Waals surface area contributed by atoms with Crippen molar-refractivity contribution in [1.82, 2.24) is 4.98 Å². The average molecular weight is 431 g/mol. The van der Waals surface area contributed by atoms with E-state index in [-0.39, 0.29) is 21.7 Å². The molecule has 0 bridgehead atoms. The number of sulfone groups is 1. The van der Waals surface area contributed by atoms with Crippen LogP contribution in [0.1, 0.15) is 22.6 Å². The zero-order valence-electron chi connectivity index (χ0n) is 17.2. The lowest BCUT2D eigenvalue weighted by molar-refractivity contribution is 0.560. The molecule has 31 heavy (non-hydrogen) atoms. The van der Waals surface area contributed by atoms with E-state index in [2.05, 4.69) is 10.3 Å². The molecule has 1 N–H and O–H groups in total. The minimum absolute atomic E-state index is 0.0807. The first-order chi connectivity index (χ1) is 14.9. The first kappa shape index (κ1) is 20.6. The van der Waals surface area contributed by atoms with Gasteiger partial charge in [-0.3, -0.25) is 0 Å². The molecule has 1 heterocycles. The molecule has 1 aromatic heterocycles. The molecule has 0 saturated carbocycles. The third kappa shape index (κ3) is 4.75. The van der Waals surface area contributed by atoms with Gasteiger partial charge in [0.25, 0.3) is 0 Å². The highest BCUT2D eigenvalue weighted by Gasteiger charge is 2.27. The maximum atomic E-state index is 13.3. The van der Waals surface area contributed by atoms with Crippen molar-refractivity contribution in [2.75, 3.05) is 5.32 Å². The van der Waals surface area contributed by atoms with Gasteiger partial charge in [-0.15, -0.1) is 0 Å². The lowest BCUT2D eigenvalue weighted by Gasteiger charge is -2.06. The van der Waals surface area contributed by atoms with Gasteiger partial charge in [0.15, 0.2) is 0 Å². The summed E-state index contributed by atoms with van der Waals surface area (Å²) in [7, 11) is -3.88. The number of hydrogen-bond acceptors (Lipinski definition) is 5. The number of benzene rings is 3. The number of aryl methyl sites for hydroxylation is 2. The lowest BCUT2D eigenvalue weighted by Crippen LogP contribution is -2.05. The normalized spacial score (nSPS) is 11.7. The van der Waals surface area contributed by atoms with Crippen LogP contribution in [0, 0.1) is 13.8 Å². The number of oxazole rings is 1. The van der Waals surface area contributed by atoms with Gasteiger partial charge in [-0.05, 0) is 49.8 Å². The molecule has 0 amide bonds. The number of anilines is 2. The van der Waals surface area contributed by atoms with Crippen LogP contribution in [0.3, 0.4) is 0 Å². The summed E-state index contributed by atoms with van der Waals surface area (Å²) in [5, 5.41) is 2.91. The van der Waals surface area contributed by atoms with E-state index < -0.39 is 9.84 Å². The fraction of sp³-hybridized carbons (Fsp3) is 0.0800. The van der Waals surface area contributed by atoms with Crippen molar-refractivity contribution in [3.05, 3.63) is 101 Å². The van der Waals surface area contributed by atoms with E-state index in [9.17, 15) is 8.42 Å². The molecule has 0 atom stereocenters. The molecule has 0 fully saturated rings. The summed E-state index contributed by atoms with van der Waals surface area (Å²) in [6, 6.07) is 23.9. The van der Waals surface area contributed by atoms with Crippen LogP contribution in [0.5, 0.6) is 0 Å². The molecule has 0 aliphatic heterocycles. The first-order valence-electron chi connectivity index (χ1n) is 9.81. The Hall–Kier alpha value is -3.64. The van der Waals surface area contributed by atoms with Gasteiger partial charge in [0.05, 0.1) is 4.90 Å². The minimum atomic E-state index is -3.88. The Labute approximate surface area is 182 Å². The van der Waals surface area contributed by atoms with Crippen LogP contribution >= 0.6 is 0 Å². The molecule has 0 aliphatic carbocycles. The van der Waals surface area contributed by atoms with Gasteiger partial charge in [-0.25, -0.2) is 8.42 Å². The Kier molecular flexibility index (Phi) is 5.73. The van der Waals surface area contributed by atoms with Crippen LogP contribution in [0.2, 0.25) is 0 Å². The van der Waals surface area contributed by atoms with Gasteiger partial charge in [-0.2, -0.15) is 4.98 Å². The summed E-state index contributed by atoms with van der Waals surface area (Å²) in [5.74, 6) is 0.279. The number of rotatable bonds is 6. The molecule has 0 saturated heterocycles. The van der Waals surface area contributed by atoms with Gasteiger partial charge in [-0.1, -0.05) is 65.7 Å². The third-order valence-electron chi connectivity index (χ3n) is 4.73. The SMILES string of the molecule is Cc1ccc(Nc2oc(/C=C/c3ccccc3)nc2S(=O)(=O)c2ccc(C)cc2)cc1. The Balaban J connectivity index is 1.75. The predicted molar refractivity (Wildman–Crippen MR) is 123 cm³/mol. The highest BCUT2D eigenvalue weighted by Crippen LogP contribution is 2.31. The van der Waals surface area contributed by atoms with E-state index in [4.69, 9.17) is 4.42 Å². The Morgan fingerprint density at radius 3 is 2.06 bits per heavy atom. The van der Waals surface area contributed by atoms with Crippen LogP contribution in [0.4, 0.5) is 11.6 Å². The largest absolute Gasteiger partial charge is 0.420 e. The summed E-state index contributed by atoms with van der Waals surface area (Å²) in [6.45, 7) is 3.89. The summed E-state index contributed by atoms with van der Waals surface area (Å²) < 4.78 is 32.4. The maximum Gasteiger partial charge on any atom is 0.238 e. The summed E-state index contributed by atoms with van der Waals surface area (Å²) >= 11 is 0. The minimum Gasteiger partial charge on any atom is -0.420 e. The molecular weight excluding hydrogens is 408 g/mol. The number of aromatic nitrogens is 1. The van der Waals surface area contributed by atoms with Crippen LogP contribution in [-0.2, 0) is 9.84 Å². The molecular formula is C25H22N2O3S. The number of hydrogen-bond donors (Lipinski definition) is 1. The highest BCUT2D eigenvalue weighted by atomic mass is 32.2. The molecule has 6 heteroatoms. The van der Waals surface area contributed by atoms with E-state index in [1.165, 1.54) is 0 Å². The van der Waals surface area contributed by atoms with Gasteiger partial charge in [0.1, 0.15) is 0 Å². The average Bonchev–Trinajstić information content (AvgIpc) is 3.18. The smallest absolute Gasteiger partial charge is 0.238 e. The second-order valence-electron chi connectivity index (χ2n) is 7.24. The third-order valence-corrected chi connectivity index (χ3v) is 6.40. The van der Waals surface area contributed by atoms with Crippen molar-refractivity contribution in [2.24, 2.45) is 0 Å². The van der Waals surface area contributed by atoms with Gasteiger partial charge < -0.3 is 9.73 Å². The lowest BCUT2D eigenvalue weighted by atomic mass is 10.2. The van der Waals surface area contributed by atoms with E-state index in [1.807, 2.05) is 74.5 Å². The second-order valence-corrected chi connectivity index (χ2v) is 9.10. The maximum absolute atomic E-state index is 13.3. The van der Waals surface area contributed by atoms with Crippen LogP contribution < -0.4 is 5.32 Å². The van der Waals surface area contributed by atoms with Crippen LogP contribution in [0.25, 0.3) is 12.2 Å². The fourth-order valence-electron chi connectivity index (χ4n) is 2.98. The second kappa shape index (κ2) is 8.62. The van der Waals surface area contributed by atoms with Crippen molar-refractivity contribution < 1.29 is 12.8 Å². The topological polar surface area (TPSA) is 72.2 Å². The number of nitrogens with one attached hydrogen (secondary N) is 1. The van der Waals surface area contributed by atoms with Crippen molar-refractivity contribution in [3.63, 3.8) is 0 Å². The molecule has 0 radical (unpaired) electrons. The molecule has 3 aromatic carbocycles. The molecule has 0 spiro atoms. The van der Waals surface area contributed by atoms with E-state index in [0.717, 1.165) is 16.7 Å². The first-order valence-corrected chi connectivity index (χ1v) is 11.3. The quantitative estimate of drug-likeness (QED) is 0.404. The molecule has 0 aliphatic rings. The van der Waals surface area contributed by atoms with Crippen LogP contribution in [-0.4, -0.2) is 13.4 Å². The van der Waals surface area contributed by atoms with Crippen LogP contribution in [0.15, 0.2) is 93.2 Å². The summed E-state index contributed by atoms with van der Waals surface area (Å²) in [4.78, 5) is 4.47. The van der Waals surface area contributed by atoms with Gasteiger partial charge >= 0.3 is 0 Å². The molecule has 5 nitrogen and oxygen atoms in total. The molecule has 4 aromatic rings. The summed E-state index contributed by atoms with van der Waals surface area (Å²) in [5.41, 5.74) is 3.74. The van der Waals surface area contributed by atoms with E-state index in [0.29, 0.717) is 5.69 Å². The molecule has 156 valence electrons. The van der Waals surface area contributed by atoms with E-state index in [1.54, 1.807) is 30.3 Å². The monoisotopic (exact) mass is 430 g/mol. The highest BCUT2D eigenvalue weighted by molar-refractivity contribution is 7.91. The van der Waals surface area contributed by atoms with Crippen molar-refractivity contribution in [1.29, 1.82) is 0 Å². The summed E-state index contributed by atoms with van der Waals surface area (Å²) in [6.07, 6.45) is 3.48. The molecule has 4 rings (SSSR count). The van der Waals surface area contributed by atoms with Gasteiger partial charge in [0.2, 0.25) is 26.6 Å².